The highest BCUT2D eigenvalue weighted by molar-refractivity contribution is 5.78. The molecule has 0 aromatic rings. The molecule has 4 nitrogen and oxygen atoms in total. The maximum Gasteiger partial charge on any atom is 0.314 e. The van der Waals surface area contributed by atoms with Gasteiger partial charge in [-0.05, 0) is 90.2 Å². The lowest BCUT2D eigenvalue weighted by atomic mass is 9.92. The Morgan fingerprint density at radius 3 is 1.34 bits per heavy atom. The Hall–Kier alpha value is -2.46. The molecule has 2 unspecified atom stereocenters. The van der Waals surface area contributed by atoms with E-state index in [0.29, 0.717) is 24.4 Å². The van der Waals surface area contributed by atoms with E-state index >= 15 is 0 Å². The van der Waals surface area contributed by atoms with Crippen LogP contribution in [0.5, 0.6) is 0 Å². The van der Waals surface area contributed by atoms with Crippen molar-refractivity contribution in [3.05, 3.63) is 33.8 Å². The summed E-state index contributed by atoms with van der Waals surface area (Å²) < 4.78 is 10.5. The van der Waals surface area contributed by atoms with Crippen LogP contribution in [0.3, 0.4) is 0 Å². The van der Waals surface area contributed by atoms with Crippen LogP contribution in [0.4, 0.5) is 0 Å². The third-order valence-corrected chi connectivity index (χ3v) is 6.02. The van der Waals surface area contributed by atoms with E-state index < -0.39 is 11.8 Å². The molecule has 2 aliphatic carbocycles. The molecule has 0 spiro atoms. The van der Waals surface area contributed by atoms with Crippen LogP contribution in [-0.4, -0.2) is 25.2 Å². The first-order chi connectivity index (χ1) is 15.5. The van der Waals surface area contributed by atoms with Crippen LogP contribution in [-0.2, 0) is 19.1 Å². The Balaban J connectivity index is 2.51. The summed E-state index contributed by atoms with van der Waals surface area (Å²) in [5, 5.41) is 0. The minimum atomic E-state index is -0.502. The molecule has 32 heavy (non-hydrogen) atoms. The number of esters is 2. The minimum Gasteiger partial charge on any atom is -0.465 e. The van der Waals surface area contributed by atoms with Gasteiger partial charge in [0.15, 0.2) is 0 Å². The first-order valence-electron chi connectivity index (χ1n) is 12.3. The van der Waals surface area contributed by atoms with Crippen molar-refractivity contribution in [1.29, 1.82) is 0 Å². The van der Waals surface area contributed by atoms with Gasteiger partial charge in [0.25, 0.3) is 0 Å². The summed E-state index contributed by atoms with van der Waals surface area (Å²) in [5.74, 6) is 4.78. The molecule has 0 amide bonds. The molecule has 0 aromatic carbocycles. The largest absolute Gasteiger partial charge is 0.465 e. The maximum atomic E-state index is 12.5. The summed E-state index contributed by atoms with van der Waals surface area (Å²) in [4.78, 5) is 24.9. The van der Waals surface area contributed by atoms with Gasteiger partial charge in [-0.2, -0.15) is 0 Å². The van der Waals surface area contributed by atoms with Gasteiger partial charge in [0, 0.05) is 0 Å². The lowest BCUT2D eigenvalue weighted by Crippen LogP contribution is -2.17. The van der Waals surface area contributed by atoms with Crippen LogP contribution in [0.15, 0.2) is 33.8 Å². The molecule has 2 atom stereocenters. The van der Waals surface area contributed by atoms with Gasteiger partial charge in [-0.3, -0.25) is 9.59 Å². The van der Waals surface area contributed by atoms with E-state index in [-0.39, 0.29) is 11.9 Å². The monoisotopic (exact) mass is 438 g/mol. The summed E-state index contributed by atoms with van der Waals surface area (Å²) in [6.45, 7) is 7.90. The Kier molecular flexibility index (Phi) is 11.2. The van der Waals surface area contributed by atoms with Crippen LogP contribution >= 0.6 is 0 Å². The molecule has 0 saturated heterocycles. The van der Waals surface area contributed by atoms with Crippen molar-refractivity contribution in [3.63, 3.8) is 0 Å². The molecule has 0 radical (unpaired) electrons. The van der Waals surface area contributed by atoms with Crippen molar-refractivity contribution < 1.29 is 19.1 Å². The van der Waals surface area contributed by atoms with Crippen molar-refractivity contribution in [1.82, 2.24) is 0 Å². The number of carbonyl (C=O) groups excluding carboxylic acids is 2. The second-order valence-corrected chi connectivity index (χ2v) is 8.60. The fourth-order valence-corrected chi connectivity index (χ4v) is 3.99. The predicted octanol–water partition coefficient (Wildman–Crippen LogP) is 6.22. The zero-order valence-corrected chi connectivity index (χ0v) is 20.3. The van der Waals surface area contributed by atoms with Crippen LogP contribution < -0.4 is 0 Å². The summed E-state index contributed by atoms with van der Waals surface area (Å²) in [6, 6.07) is 0. The average Bonchev–Trinajstić information content (AvgIpc) is 2.81. The van der Waals surface area contributed by atoms with Gasteiger partial charge in [-0.1, -0.05) is 24.7 Å². The number of hydrogen-bond acceptors (Lipinski definition) is 4. The highest BCUT2D eigenvalue weighted by Crippen LogP contribution is 2.25. The molecule has 174 valence electrons. The Morgan fingerprint density at radius 1 is 0.688 bits per heavy atom. The zero-order valence-electron chi connectivity index (χ0n) is 20.3. The molecular weight excluding hydrogens is 400 g/mol. The fraction of sp³-hybridized carbons (Fsp3) is 0.643. The van der Waals surface area contributed by atoms with Crippen molar-refractivity contribution in [3.8, 4) is 11.8 Å². The standard InChI is InChI=1S/C28H38O4/c1-5-31-27(29)21(3)25(19-23-13-9-7-10-14-23)17-18-26(22(4)28(30)32-6-2)20-24-15-11-8-12-16-24/h21-22H,5-16H2,1-4H3. The first-order valence-corrected chi connectivity index (χ1v) is 12.3. The molecule has 0 aliphatic heterocycles. The smallest absolute Gasteiger partial charge is 0.314 e. The third-order valence-electron chi connectivity index (χ3n) is 6.02. The Morgan fingerprint density at radius 2 is 1.03 bits per heavy atom. The lowest BCUT2D eigenvalue weighted by Gasteiger charge is -2.14. The molecule has 2 saturated carbocycles. The fourth-order valence-electron chi connectivity index (χ4n) is 3.99. The third kappa shape index (κ3) is 8.23. The van der Waals surface area contributed by atoms with Crippen LogP contribution in [0.1, 0.15) is 91.9 Å². The topological polar surface area (TPSA) is 52.6 Å². The Labute approximate surface area is 193 Å². The Bertz CT molecular complexity index is 781. The van der Waals surface area contributed by atoms with E-state index in [2.05, 4.69) is 23.3 Å². The molecule has 2 fully saturated rings. The van der Waals surface area contributed by atoms with E-state index in [9.17, 15) is 9.59 Å². The van der Waals surface area contributed by atoms with Gasteiger partial charge in [0.1, 0.15) is 0 Å². The lowest BCUT2D eigenvalue weighted by molar-refractivity contribution is -0.146. The second kappa shape index (κ2) is 13.8. The maximum absolute atomic E-state index is 12.5. The SMILES string of the molecule is CCOC(=O)C(C)C(=C=C1CCCCC1)C#CC(=C=C1CCCCC1)C(C)C(=O)OCC. The quantitative estimate of drug-likeness (QED) is 0.281. The predicted molar refractivity (Wildman–Crippen MR) is 127 cm³/mol. The van der Waals surface area contributed by atoms with Crippen molar-refractivity contribution in [2.75, 3.05) is 13.2 Å². The van der Waals surface area contributed by atoms with Crippen LogP contribution in [0.25, 0.3) is 0 Å². The van der Waals surface area contributed by atoms with Crippen molar-refractivity contribution in [2.24, 2.45) is 11.8 Å². The second-order valence-electron chi connectivity index (χ2n) is 8.60. The van der Waals surface area contributed by atoms with Crippen molar-refractivity contribution >= 4 is 11.9 Å². The van der Waals surface area contributed by atoms with E-state index in [0.717, 1.165) is 51.4 Å². The van der Waals surface area contributed by atoms with Gasteiger partial charge in [-0.15, -0.1) is 11.5 Å². The summed E-state index contributed by atoms with van der Waals surface area (Å²) in [6.07, 6.45) is 11.0. The number of carbonyl (C=O) groups is 2. The average molecular weight is 439 g/mol. The van der Waals surface area contributed by atoms with Crippen molar-refractivity contribution in [2.45, 2.75) is 91.9 Å². The molecule has 0 N–H and O–H groups in total. The van der Waals surface area contributed by atoms with E-state index in [1.54, 1.807) is 13.8 Å². The van der Waals surface area contributed by atoms with Crippen LogP contribution in [0, 0.1) is 23.7 Å². The van der Waals surface area contributed by atoms with E-state index in [1.165, 1.54) is 24.0 Å². The molecule has 2 aliphatic rings. The molecule has 4 heteroatoms. The van der Waals surface area contributed by atoms with Gasteiger partial charge >= 0.3 is 11.9 Å². The first kappa shape index (κ1) is 25.8. The summed E-state index contributed by atoms with van der Waals surface area (Å²) in [5.41, 5.74) is 10.6. The number of hydrogen-bond donors (Lipinski definition) is 0. The normalized spacial score (nSPS) is 17.6. The van der Waals surface area contributed by atoms with Gasteiger partial charge < -0.3 is 9.47 Å². The van der Waals surface area contributed by atoms with Gasteiger partial charge in [0.05, 0.1) is 36.2 Å². The zero-order chi connectivity index (χ0) is 23.3. The van der Waals surface area contributed by atoms with Gasteiger partial charge in [-0.25, -0.2) is 0 Å². The molecule has 0 aromatic heterocycles. The summed E-state index contributed by atoms with van der Waals surface area (Å²) >= 11 is 0. The highest BCUT2D eigenvalue weighted by atomic mass is 16.5. The van der Waals surface area contributed by atoms with Gasteiger partial charge in [0.2, 0.25) is 0 Å². The molecular formula is C28H38O4. The summed E-state index contributed by atoms with van der Waals surface area (Å²) in [7, 11) is 0. The highest BCUT2D eigenvalue weighted by Gasteiger charge is 2.21. The minimum absolute atomic E-state index is 0.296. The molecule has 0 bridgehead atoms. The van der Waals surface area contributed by atoms with Crippen LogP contribution in [0.2, 0.25) is 0 Å². The molecule has 2 rings (SSSR count). The van der Waals surface area contributed by atoms with E-state index in [4.69, 9.17) is 9.47 Å². The van der Waals surface area contributed by atoms with E-state index in [1.807, 2.05) is 13.8 Å². The number of ether oxygens (including phenoxy) is 2. The number of rotatable bonds is 6. The molecule has 0 heterocycles.